The highest BCUT2D eigenvalue weighted by Gasteiger charge is 2.33. The Morgan fingerprint density at radius 3 is 2.32 bits per heavy atom. The summed E-state index contributed by atoms with van der Waals surface area (Å²) in [4.78, 5) is 16.2. The number of halogens is 4. The van der Waals surface area contributed by atoms with Crippen LogP contribution in [0.4, 0.5) is 28.9 Å². The molecule has 2 aromatic carbocycles. The number of hydrogen-bond acceptors (Lipinski definition) is 3. The van der Waals surface area contributed by atoms with Gasteiger partial charge in [0.25, 0.3) is 5.91 Å². The lowest BCUT2D eigenvalue weighted by molar-refractivity contribution is -0.136. The molecule has 28 heavy (non-hydrogen) atoms. The van der Waals surface area contributed by atoms with Crippen LogP contribution in [0.2, 0.25) is 0 Å². The van der Waals surface area contributed by atoms with E-state index in [1.165, 1.54) is 42.6 Å². The minimum atomic E-state index is -4.58. The number of nitrogens with zero attached hydrogens (tertiary/aromatic N) is 1. The molecule has 0 unspecified atom stereocenters. The molecule has 0 atom stereocenters. The van der Waals surface area contributed by atoms with E-state index >= 15 is 0 Å². The van der Waals surface area contributed by atoms with Gasteiger partial charge in [-0.15, -0.1) is 0 Å². The Kier molecular flexibility index (Phi) is 5.58. The van der Waals surface area contributed by atoms with Gasteiger partial charge in [0, 0.05) is 6.54 Å². The summed E-state index contributed by atoms with van der Waals surface area (Å²) in [6.07, 6.45) is -3.18. The average molecular weight is 389 g/mol. The van der Waals surface area contributed by atoms with Crippen LogP contribution in [0.15, 0.2) is 66.9 Å². The Morgan fingerprint density at radius 2 is 1.68 bits per heavy atom. The third kappa shape index (κ3) is 4.85. The Balaban J connectivity index is 1.65. The van der Waals surface area contributed by atoms with E-state index in [9.17, 15) is 22.4 Å². The van der Waals surface area contributed by atoms with Crippen molar-refractivity contribution in [2.24, 2.45) is 0 Å². The number of hydrogen-bond donors (Lipinski definition) is 2. The molecule has 0 aliphatic carbocycles. The third-order valence-electron chi connectivity index (χ3n) is 3.89. The molecule has 3 aromatic rings. The van der Waals surface area contributed by atoms with Crippen molar-refractivity contribution in [2.75, 3.05) is 10.6 Å². The lowest BCUT2D eigenvalue weighted by Gasteiger charge is -2.13. The molecule has 0 spiro atoms. The van der Waals surface area contributed by atoms with Gasteiger partial charge < -0.3 is 10.6 Å². The van der Waals surface area contributed by atoms with Gasteiger partial charge in [0.1, 0.15) is 11.5 Å². The highest BCUT2D eigenvalue weighted by atomic mass is 19.4. The van der Waals surface area contributed by atoms with E-state index in [0.717, 1.165) is 11.6 Å². The second-order valence-electron chi connectivity index (χ2n) is 5.91. The maximum absolute atomic E-state index is 13.0. The van der Waals surface area contributed by atoms with E-state index in [1.807, 2.05) is 0 Å². The summed E-state index contributed by atoms with van der Waals surface area (Å²) in [6.45, 7) is 0.423. The first-order valence-corrected chi connectivity index (χ1v) is 8.25. The summed E-state index contributed by atoms with van der Waals surface area (Å²) in [5.41, 5.74) is 0.175. The number of benzene rings is 2. The number of amides is 1. The van der Waals surface area contributed by atoms with Gasteiger partial charge in [0.05, 0.1) is 23.1 Å². The molecule has 0 saturated heterocycles. The molecule has 1 amide bonds. The Morgan fingerprint density at radius 1 is 0.964 bits per heavy atom. The highest BCUT2D eigenvalue weighted by molar-refractivity contribution is 6.03. The van der Waals surface area contributed by atoms with Gasteiger partial charge in [0.2, 0.25) is 0 Å². The van der Waals surface area contributed by atoms with Crippen molar-refractivity contribution in [1.29, 1.82) is 0 Å². The van der Waals surface area contributed by atoms with Crippen LogP contribution < -0.4 is 10.6 Å². The molecule has 0 aliphatic heterocycles. The topological polar surface area (TPSA) is 54.0 Å². The molecular weight excluding hydrogens is 374 g/mol. The van der Waals surface area contributed by atoms with E-state index in [1.54, 1.807) is 18.2 Å². The molecular formula is C20H15F4N3O. The summed E-state index contributed by atoms with van der Waals surface area (Å²) in [5, 5.41) is 5.30. The minimum absolute atomic E-state index is 0.0238. The van der Waals surface area contributed by atoms with Crippen molar-refractivity contribution in [3.8, 4) is 0 Å². The largest absolute Gasteiger partial charge is 0.418 e. The maximum atomic E-state index is 13.0. The predicted octanol–water partition coefficient (Wildman–Crippen LogP) is 5.10. The molecule has 0 saturated carbocycles. The second kappa shape index (κ2) is 8.08. The van der Waals surface area contributed by atoms with Crippen LogP contribution in [0.25, 0.3) is 0 Å². The van der Waals surface area contributed by atoms with Crippen molar-refractivity contribution < 1.29 is 22.4 Å². The lowest BCUT2D eigenvalue weighted by Crippen LogP contribution is -2.17. The molecule has 4 nitrogen and oxygen atoms in total. The molecule has 2 N–H and O–H groups in total. The fourth-order valence-corrected chi connectivity index (χ4v) is 2.46. The minimum Gasteiger partial charge on any atom is -0.380 e. The van der Waals surface area contributed by atoms with Crippen molar-refractivity contribution in [2.45, 2.75) is 12.7 Å². The van der Waals surface area contributed by atoms with Gasteiger partial charge in [-0.2, -0.15) is 13.2 Å². The van der Waals surface area contributed by atoms with Crippen molar-refractivity contribution in [1.82, 2.24) is 4.98 Å². The van der Waals surface area contributed by atoms with E-state index < -0.39 is 17.6 Å². The first kappa shape index (κ1) is 19.3. The third-order valence-corrected chi connectivity index (χ3v) is 3.89. The quantitative estimate of drug-likeness (QED) is 0.597. The highest BCUT2D eigenvalue weighted by Crippen LogP contribution is 2.34. The van der Waals surface area contributed by atoms with Crippen LogP contribution in [-0.4, -0.2) is 10.9 Å². The van der Waals surface area contributed by atoms with Crippen molar-refractivity contribution in [3.05, 3.63) is 89.5 Å². The summed E-state index contributed by atoms with van der Waals surface area (Å²) in [7, 11) is 0. The fourth-order valence-electron chi connectivity index (χ4n) is 2.46. The summed E-state index contributed by atoms with van der Waals surface area (Å²) in [6, 6.07) is 13.7. The molecule has 0 fully saturated rings. The molecule has 0 aliphatic rings. The van der Waals surface area contributed by atoms with E-state index in [2.05, 4.69) is 15.6 Å². The predicted molar refractivity (Wildman–Crippen MR) is 97.4 cm³/mol. The maximum Gasteiger partial charge on any atom is 0.418 e. The van der Waals surface area contributed by atoms with Crippen LogP contribution in [0, 0.1) is 5.82 Å². The summed E-state index contributed by atoms with van der Waals surface area (Å²) >= 11 is 0. The van der Waals surface area contributed by atoms with Crippen molar-refractivity contribution >= 4 is 17.3 Å². The van der Waals surface area contributed by atoms with Gasteiger partial charge in [-0.25, -0.2) is 9.37 Å². The Hall–Kier alpha value is -3.42. The summed E-state index contributed by atoms with van der Waals surface area (Å²) in [5.74, 6) is -1.07. The van der Waals surface area contributed by atoms with Gasteiger partial charge >= 0.3 is 6.18 Å². The van der Waals surface area contributed by atoms with E-state index in [0.29, 0.717) is 12.2 Å². The zero-order valence-corrected chi connectivity index (χ0v) is 14.4. The van der Waals surface area contributed by atoms with Gasteiger partial charge in [-0.05, 0) is 42.0 Å². The van der Waals surface area contributed by atoms with Crippen LogP contribution in [0.1, 0.15) is 21.6 Å². The number of carbonyl (C=O) groups excluding carboxylic acids is 1. The number of pyridine rings is 1. The van der Waals surface area contributed by atoms with E-state index in [-0.39, 0.29) is 17.2 Å². The molecule has 0 bridgehead atoms. The second-order valence-corrected chi connectivity index (χ2v) is 5.91. The molecule has 8 heteroatoms. The van der Waals surface area contributed by atoms with Gasteiger partial charge in [0.15, 0.2) is 0 Å². The lowest BCUT2D eigenvalue weighted by atomic mass is 10.1. The SMILES string of the molecule is O=C(Nc1ccccc1C(F)(F)F)c1ccc(NCc2ccc(F)cc2)cn1. The smallest absolute Gasteiger partial charge is 0.380 e. The number of nitrogens with one attached hydrogen (secondary N) is 2. The standard InChI is InChI=1S/C20H15F4N3O/c21-14-7-5-13(6-8-14)11-25-15-9-10-18(26-12-15)19(28)27-17-4-2-1-3-16(17)20(22,23)24/h1-10,12,25H,11H2,(H,27,28). The number of rotatable bonds is 5. The van der Waals surface area contributed by atoms with Gasteiger partial charge in [-0.1, -0.05) is 24.3 Å². The fraction of sp³-hybridized carbons (Fsp3) is 0.100. The van der Waals surface area contributed by atoms with Crippen LogP contribution in [-0.2, 0) is 12.7 Å². The van der Waals surface area contributed by atoms with Crippen LogP contribution in [0.3, 0.4) is 0 Å². The molecule has 144 valence electrons. The zero-order valence-electron chi connectivity index (χ0n) is 14.4. The Labute approximate surface area is 158 Å². The zero-order chi connectivity index (χ0) is 20.1. The number of aromatic nitrogens is 1. The number of anilines is 2. The monoisotopic (exact) mass is 389 g/mol. The molecule has 3 rings (SSSR count). The Bertz CT molecular complexity index is 954. The van der Waals surface area contributed by atoms with Crippen LogP contribution in [0.5, 0.6) is 0 Å². The number of carbonyl (C=O) groups is 1. The first-order chi connectivity index (χ1) is 13.3. The van der Waals surface area contributed by atoms with E-state index in [4.69, 9.17) is 0 Å². The van der Waals surface area contributed by atoms with Crippen LogP contribution >= 0.6 is 0 Å². The first-order valence-electron chi connectivity index (χ1n) is 8.25. The molecule has 1 aromatic heterocycles. The number of alkyl halides is 3. The number of para-hydroxylation sites is 1. The average Bonchev–Trinajstić information content (AvgIpc) is 2.67. The molecule has 1 heterocycles. The molecule has 0 radical (unpaired) electrons. The normalized spacial score (nSPS) is 11.1. The summed E-state index contributed by atoms with van der Waals surface area (Å²) < 4.78 is 51.9. The van der Waals surface area contributed by atoms with Crippen molar-refractivity contribution in [3.63, 3.8) is 0 Å². The van der Waals surface area contributed by atoms with Gasteiger partial charge in [-0.3, -0.25) is 4.79 Å².